The molecule has 0 aromatic heterocycles. The van der Waals surface area contributed by atoms with Gasteiger partial charge in [0.25, 0.3) is 0 Å². The number of carboxylic acid groups (broad SMARTS) is 1. The molecule has 4 aliphatic rings. The SMILES string of the molecule is CC(=O)OC[C@]12CC3C(C)C(OC(C)=O)CC3[C@@]3(C=O)CC1C=C(C(C)C)[C@@]23C(=O)O. The maximum absolute atomic E-state index is 13.2. The fourth-order valence-electron chi connectivity index (χ4n) is 8.19. The molecule has 3 saturated carbocycles. The maximum atomic E-state index is 13.2. The summed E-state index contributed by atoms with van der Waals surface area (Å²) in [6, 6.07) is 0. The molecule has 8 atom stereocenters. The van der Waals surface area contributed by atoms with Crippen LogP contribution in [0.5, 0.6) is 0 Å². The molecule has 0 heterocycles. The first-order valence-electron chi connectivity index (χ1n) is 11.2. The largest absolute Gasteiger partial charge is 0.481 e. The molecule has 0 aromatic carbocycles. The number of hydrogen-bond acceptors (Lipinski definition) is 6. The number of esters is 2. The number of carbonyl (C=O) groups excluding carboxylic acids is 3. The van der Waals surface area contributed by atoms with Crippen LogP contribution in [0.4, 0.5) is 0 Å². The summed E-state index contributed by atoms with van der Waals surface area (Å²) in [5, 5.41) is 10.8. The van der Waals surface area contributed by atoms with E-state index in [0.717, 1.165) is 11.9 Å². The van der Waals surface area contributed by atoms with Gasteiger partial charge in [0.05, 0.1) is 12.0 Å². The van der Waals surface area contributed by atoms with Crippen LogP contribution in [0.25, 0.3) is 0 Å². The summed E-state index contributed by atoms with van der Waals surface area (Å²) in [5.74, 6) is -2.21. The van der Waals surface area contributed by atoms with Crippen molar-refractivity contribution in [3.63, 3.8) is 0 Å². The normalized spacial score (nSPS) is 44.6. The van der Waals surface area contributed by atoms with Crippen LogP contribution in [0.1, 0.15) is 53.9 Å². The van der Waals surface area contributed by atoms with Crippen molar-refractivity contribution in [3.05, 3.63) is 11.6 Å². The molecule has 5 unspecified atom stereocenters. The third-order valence-electron chi connectivity index (χ3n) is 9.06. The zero-order valence-corrected chi connectivity index (χ0v) is 18.8. The number of hydrogen-bond donors (Lipinski definition) is 1. The quantitative estimate of drug-likeness (QED) is 0.390. The number of aliphatic carboxylic acids is 1. The molecule has 0 aromatic rings. The highest BCUT2D eigenvalue weighted by Crippen LogP contribution is 2.82. The monoisotopic (exact) mass is 432 g/mol. The summed E-state index contributed by atoms with van der Waals surface area (Å²) in [6.07, 6.45) is 4.05. The Balaban J connectivity index is 1.92. The van der Waals surface area contributed by atoms with E-state index >= 15 is 0 Å². The van der Waals surface area contributed by atoms with E-state index in [9.17, 15) is 24.3 Å². The van der Waals surface area contributed by atoms with Crippen LogP contribution in [0.15, 0.2) is 11.6 Å². The van der Waals surface area contributed by atoms with Crippen molar-refractivity contribution in [2.75, 3.05) is 6.61 Å². The summed E-state index contributed by atoms with van der Waals surface area (Å²) < 4.78 is 11.1. The summed E-state index contributed by atoms with van der Waals surface area (Å²) in [6.45, 7) is 8.62. The molecule has 170 valence electrons. The Morgan fingerprint density at radius 1 is 1.23 bits per heavy atom. The molecule has 4 aliphatic carbocycles. The van der Waals surface area contributed by atoms with E-state index in [2.05, 4.69) is 6.08 Å². The van der Waals surface area contributed by atoms with Crippen LogP contribution < -0.4 is 0 Å². The Morgan fingerprint density at radius 2 is 1.90 bits per heavy atom. The first-order chi connectivity index (χ1) is 14.5. The fraction of sp³-hybridized carbons (Fsp3) is 0.750. The summed E-state index contributed by atoms with van der Waals surface area (Å²) in [7, 11) is 0. The number of allylic oxidation sites excluding steroid dienone is 1. The standard InChI is InChI=1S/C24H32O7/c1-12(2)18-6-16-8-22(10-25)19-7-20(31-15(5)27)13(3)17(19)9-23(16,11-30-14(4)26)24(18,22)21(28)29/h6,10,12-13,16-17,19-20H,7-9,11H2,1-5H3,(H,28,29)/t13?,16?,17?,19?,20?,22-,23+,24-/m0/s1. The fourth-order valence-corrected chi connectivity index (χ4v) is 8.19. The van der Waals surface area contributed by atoms with Crippen molar-refractivity contribution >= 4 is 24.2 Å². The minimum atomic E-state index is -1.41. The Hall–Kier alpha value is -2.18. The van der Waals surface area contributed by atoms with Gasteiger partial charge in [-0.25, -0.2) is 0 Å². The van der Waals surface area contributed by atoms with Crippen molar-refractivity contribution < 1.29 is 33.8 Å². The Bertz CT molecular complexity index is 875. The zero-order valence-electron chi connectivity index (χ0n) is 18.8. The molecule has 0 spiro atoms. The second-order valence-corrected chi connectivity index (χ2v) is 10.5. The van der Waals surface area contributed by atoms with Crippen molar-refractivity contribution in [1.82, 2.24) is 0 Å². The lowest BCUT2D eigenvalue weighted by Gasteiger charge is -2.57. The van der Waals surface area contributed by atoms with Crippen LogP contribution in [-0.2, 0) is 28.7 Å². The molecule has 0 amide bonds. The number of carboxylic acids is 1. The highest BCUT2D eigenvalue weighted by molar-refractivity contribution is 5.90. The highest BCUT2D eigenvalue weighted by Gasteiger charge is 2.85. The second kappa shape index (κ2) is 6.91. The third-order valence-corrected chi connectivity index (χ3v) is 9.06. The van der Waals surface area contributed by atoms with Gasteiger partial charge in [-0.15, -0.1) is 0 Å². The third kappa shape index (κ3) is 2.46. The van der Waals surface area contributed by atoms with E-state index in [1.54, 1.807) is 0 Å². The molecule has 0 saturated heterocycles. The van der Waals surface area contributed by atoms with Crippen molar-refractivity contribution in [2.24, 2.45) is 45.8 Å². The van der Waals surface area contributed by atoms with Gasteiger partial charge in [-0.1, -0.05) is 32.4 Å². The molecular formula is C24H32O7. The number of aldehydes is 1. The smallest absolute Gasteiger partial charge is 0.315 e. The molecule has 4 bridgehead atoms. The minimum Gasteiger partial charge on any atom is -0.481 e. The van der Waals surface area contributed by atoms with Crippen LogP contribution in [0.3, 0.4) is 0 Å². The molecule has 0 aliphatic heterocycles. The van der Waals surface area contributed by atoms with Gasteiger partial charge in [-0.2, -0.15) is 0 Å². The predicted molar refractivity (Wildman–Crippen MR) is 110 cm³/mol. The lowest BCUT2D eigenvalue weighted by atomic mass is 9.43. The van der Waals surface area contributed by atoms with Crippen LogP contribution in [0, 0.1) is 45.8 Å². The first-order valence-corrected chi connectivity index (χ1v) is 11.2. The molecule has 7 heteroatoms. The molecule has 3 fully saturated rings. The second-order valence-electron chi connectivity index (χ2n) is 10.5. The molecular weight excluding hydrogens is 400 g/mol. The van der Waals surface area contributed by atoms with Gasteiger partial charge in [0.2, 0.25) is 0 Å². The average Bonchev–Trinajstić information content (AvgIpc) is 3.21. The van der Waals surface area contributed by atoms with Crippen molar-refractivity contribution in [2.45, 2.75) is 60.0 Å². The van der Waals surface area contributed by atoms with Gasteiger partial charge < -0.3 is 19.4 Å². The van der Waals surface area contributed by atoms with E-state index in [1.165, 1.54) is 13.8 Å². The van der Waals surface area contributed by atoms with E-state index < -0.39 is 28.2 Å². The highest BCUT2D eigenvalue weighted by atomic mass is 16.5. The van der Waals surface area contributed by atoms with Gasteiger partial charge in [-0.3, -0.25) is 14.4 Å². The number of fused-ring (bicyclic) bond motifs is 2. The minimum absolute atomic E-state index is 0.00364. The van der Waals surface area contributed by atoms with Crippen LogP contribution in [0.2, 0.25) is 0 Å². The number of carbonyl (C=O) groups is 4. The average molecular weight is 433 g/mol. The van der Waals surface area contributed by atoms with Gasteiger partial charge in [0.1, 0.15) is 17.8 Å². The van der Waals surface area contributed by atoms with Gasteiger partial charge in [0, 0.05) is 19.3 Å². The predicted octanol–water partition coefficient (Wildman–Crippen LogP) is 3.02. The van der Waals surface area contributed by atoms with Gasteiger partial charge in [0.15, 0.2) is 0 Å². The summed E-state index contributed by atoms with van der Waals surface area (Å²) in [4.78, 5) is 49.7. The first kappa shape index (κ1) is 22.0. The topological polar surface area (TPSA) is 107 Å². The lowest BCUT2D eigenvalue weighted by molar-refractivity contribution is -0.188. The molecule has 0 radical (unpaired) electrons. The Labute approximate surface area is 182 Å². The Kier molecular flexibility index (Phi) is 4.91. The zero-order chi connectivity index (χ0) is 22.9. The van der Waals surface area contributed by atoms with Gasteiger partial charge >= 0.3 is 17.9 Å². The van der Waals surface area contributed by atoms with E-state index in [0.29, 0.717) is 19.3 Å². The molecule has 4 rings (SSSR count). The van der Waals surface area contributed by atoms with E-state index in [1.807, 2.05) is 20.8 Å². The number of rotatable bonds is 6. The molecule has 1 N–H and O–H groups in total. The van der Waals surface area contributed by atoms with Crippen molar-refractivity contribution in [1.29, 1.82) is 0 Å². The van der Waals surface area contributed by atoms with Crippen LogP contribution in [-0.4, -0.2) is 42.0 Å². The van der Waals surface area contributed by atoms with E-state index in [4.69, 9.17) is 9.47 Å². The molecule has 7 nitrogen and oxygen atoms in total. The van der Waals surface area contributed by atoms with Crippen molar-refractivity contribution in [3.8, 4) is 0 Å². The van der Waals surface area contributed by atoms with Crippen LogP contribution >= 0.6 is 0 Å². The maximum Gasteiger partial charge on any atom is 0.315 e. The molecule has 31 heavy (non-hydrogen) atoms. The summed E-state index contributed by atoms with van der Waals surface area (Å²) >= 11 is 0. The van der Waals surface area contributed by atoms with E-state index in [-0.39, 0.29) is 48.3 Å². The van der Waals surface area contributed by atoms with Gasteiger partial charge in [-0.05, 0) is 48.9 Å². The lowest BCUT2D eigenvalue weighted by Crippen LogP contribution is -2.63. The summed E-state index contributed by atoms with van der Waals surface area (Å²) in [5.41, 5.74) is -2.62. The Morgan fingerprint density at radius 3 is 2.42 bits per heavy atom. The number of ether oxygens (including phenoxy) is 2.